The number of ether oxygens (including phenoxy) is 1. The summed E-state index contributed by atoms with van der Waals surface area (Å²) in [6.07, 6.45) is 0.313. The fourth-order valence-corrected chi connectivity index (χ4v) is 2.07. The maximum atomic E-state index is 10.1. The third-order valence-corrected chi connectivity index (χ3v) is 3.36. The second-order valence-corrected chi connectivity index (χ2v) is 5.45. The second kappa shape index (κ2) is 7.81. The van der Waals surface area contributed by atoms with Gasteiger partial charge in [0.25, 0.3) is 0 Å². The van der Waals surface area contributed by atoms with Crippen LogP contribution in [0.1, 0.15) is 23.7 Å². The topological polar surface area (TPSA) is 32.7 Å². The van der Waals surface area contributed by atoms with E-state index in [2.05, 4.69) is 4.90 Å². The maximum Gasteiger partial charge on any atom is 0.119 e. The first-order chi connectivity index (χ1) is 10.1. The highest BCUT2D eigenvalue weighted by Gasteiger charge is 2.08. The summed E-state index contributed by atoms with van der Waals surface area (Å²) in [5, 5.41) is 10.1. The molecule has 1 unspecified atom stereocenters. The summed E-state index contributed by atoms with van der Waals surface area (Å²) >= 11 is 0. The number of hydrogen-bond acceptors (Lipinski definition) is 3. The van der Waals surface area contributed by atoms with Crippen molar-refractivity contribution in [1.29, 1.82) is 0 Å². The van der Waals surface area contributed by atoms with E-state index in [4.69, 9.17) is 4.74 Å². The van der Waals surface area contributed by atoms with Gasteiger partial charge in [-0.25, -0.2) is 0 Å². The Morgan fingerprint density at radius 3 is 2.29 bits per heavy atom. The molecule has 112 valence electrons. The van der Waals surface area contributed by atoms with E-state index < -0.39 is 6.10 Å². The van der Waals surface area contributed by atoms with Crippen LogP contribution in [0.2, 0.25) is 0 Å². The second-order valence-electron chi connectivity index (χ2n) is 5.45. The third-order valence-electron chi connectivity index (χ3n) is 3.36. The average molecular weight is 285 g/mol. The van der Waals surface area contributed by atoms with Gasteiger partial charge in [-0.05, 0) is 43.8 Å². The molecule has 0 bridgehead atoms. The predicted molar refractivity (Wildman–Crippen MR) is 85.3 cm³/mol. The molecule has 2 aromatic carbocycles. The van der Waals surface area contributed by atoms with Crippen LogP contribution in [0.15, 0.2) is 54.6 Å². The lowest BCUT2D eigenvalue weighted by Gasteiger charge is -2.15. The van der Waals surface area contributed by atoms with Crippen LogP contribution in [0.25, 0.3) is 0 Å². The molecule has 0 heterocycles. The Kier molecular flexibility index (Phi) is 5.78. The minimum Gasteiger partial charge on any atom is -0.489 e. The normalized spacial score (nSPS) is 12.4. The number of rotatable bonds is 7. The van der Waals surface area contributed by atoms with Crippen molar-refractivity contribution in [3.8, 4) is 5.75 Å². The minimum absolute atomic E-state index is 0.421. The molecule has 0 amide bonds. The molecule has 0 radical (unpaired) electrons. The largest absolute Gasteiger partial charge is 0.489 e. The lowest BCUT2D eigenvalue weighted by molar-refractivity contribution is 0.154. The molecule has 0 fully saturated rings. The molecule has 3 heteroatoms. The van der Waals surface area contributed by atoms with Crippen LogP contribution >= 0.6 is 0 Å². The van der Waals surface area contributed by atoms with Crippen molar-refractivity contribution in [2.75, 3.05) is 20.6 Å². The highest BCUT2D eigenvalue weighted by atomic mass is 16.5. The van der Waals surface area contributed by atoms with E-state index in [-0.39, 0.29) is 0 Å². The Morgan fingerprint density at radius 2 is 1.67 bits per heavy atom. The Hall–Kier alpha value is -1.84. The summed E-state index contributed by atoms with van der Waals surface area (Å²) in [5.74, 6) is 0.822. The molecule has 1 atom stereocenters. The molecule has 0 aromatic heterocycles. The number of nitrogens with zero attached hydrogens (tertiary/aromatic N) is 1. The van der Waals surface area contributed by atoms with Gasteiger partial charge in [0.1, 0.15) is 12.4 Å². The van der Waals surface area contributed by atoms with Crippen LogP contribution in [-0.2, 0) is 6.61 Å². The fraction of sp³-hybridized carbons (Fsp3) is 0.333. The van der Waals surface area contributed by atoms with Crippen LogP contribution in [0.5, 0.6) is 5.75 Å². The Labute approximate surface area is 126 Å². The molecule has 0 aliphatic rings. The van der Waals surface area contributed by atoms with Crippen molar-refractivity contribution in [3.63, 3.8) is 0 Å². The SMILES string of the molecule is CN(C)CCC(O)c1ccc(OCc2ccccc2)cc1. The summed E-state index contributed by atoms with van der Waals surface area (Å²) in [6, 6.07) is 17.8. The highest BCUT2D eigenvalue weighted by molar-refractivity contribution is 5.29. The molecule has 3 nitrogen and oxygen atoms in total. The van der Waals surface area contributed by atoms with Gasteiger partial charge in [-0.3, -0.25) is 0 Å². The van der Waals surface area contributed by atoms with E-state index in [9.17, 15) is 5.11 Å². The first kappa shape index (κ1) is 15.5. The van der Waals surface area contributed by atoms with Gasteiger partial charge in [0.05, 0.1) is 6.10 Å². The van der Waals surface area contributed by atoms with Crippen LogP contribution in [-0.4, -0.2) is 30.6 Å². The number of benzene rings is 2. The first-order valence-electron chi connectivity index (χ1n) is 7.24. The molecule has 2 rings (SSSR count). The molecular weight excluding hydrogens is 262 g/mol. The van der Waals surface area contributed by atoms with Gasteiger partial charge in [-0.15, -0.1) is 0 Å². The highest BCUT2D eigenvalue weighted by Crippen LogP contribution is 2.21. The van der Waals surface area contributed by atoms with E-state index >= 15 is 0 Å². The van der Waals surface area contributed by atoms with Gasteiger partial charge in [0.15, 0.2) is 0 Å². The average Bonchev–Trinajstić information content (AvgIpc) is 2.52. The summed E-state index contributed by atoms with van der Waals surface area (Å²) in [7, 11) is 4.01. The van der Waals surface area contributed by atoms with E-state index in [0.29, 0.717) is 6.61 Å². The van der Waals surface area contributed by atoms with Crippen LogP contribution < -0.4 is 4.74 Å². The molecule has 0 saturated carbocycles. The van der Waals surface area contributed by atoms with E-state index in [0.717, 1.165) is 29.8 Å². The van der Waals surface area contributed by atoms with Gasteiger partial charge in [0.2, 0.25) is 0 Å². The lowest BCUT2D eigenvalue weighted by atomic mass is 10.1. The summed E-state index contributed by atoms with van der Waals surface area (Å²) in [6.45, 7) is 1.43. The van der Waals surface area contributed by atoms with Crippen molar-refractivity contribution < 1.29 is 9.84 Å². The lowest BCUT2D eigenvalue weighted by Crippen LogP contribution is -2.15. The van der Waals surface area contributed by atoms with Crippen LogP contribution in [0.3, 0.4) is 0 Å². The van der Waals surface area contributed by atoms with Gasteiger partial charge in [-0.2, -0.15) is 0 Å². The Balaban J connectivity index is 1.87. The third kappa shape index (κ3) is 5.21. The molecule has 0 aliphatic carbocycles. The zero-order valence-corrected chi connectivity index (χ0v) is 12.7. The van der Waals surface area contributed by atoms with Crippen molar-refractivity contribution in [2.45, 2.75) is 19.1 Å². The molecule has 0 spiro atoms. The summed E-state index contributed by atoms with van der Waals surface area (Å²) in [4.78, 5) is 2.07. The van der Waals surface area contributed by atoms with E-state index in [1.165, 1.54) is 0 Å². The van der Waals surface area contributed by atoms with Crippen molar-refractivity contribution in [3.05, 3.63) is 65.7 Å². The van der Waals surface area contributed by atoms with Crippen molar-refractivity contribution >= 4 is 0 Å². The fourth-order valence-electron chi connectivity index (χ4n) is 2.07. The molecule has 1 N–H and O–H groups in total. The Morgan fingerprint density at radius 1 is 1.00 bits per heavy atom. The number of hydrogen-bond donors (Lipinski definition) is 1. The predicted octanol–water partition coefficient (Wildman–Crippen LogP) is 3.25. The maximum absolute atomic E-state index is 10.1. The number of aliphatic hydroxyl groups excluding tert-OH is 1. The van der Waals surface area contributed by atoms with Crippen molar-refractivity contribution in [1.82, 2.24) is 4.90 Å². The molecule has 0 aliphatic heterocycles. The van der Waals surface area contributed by atoms with Gasteiger partial charge < -0.3 is 14.7 Å². The van der Waals surface area contributed by atoms with Gasteiger partial charge in [-0.1, -0.05) is 42.5 Å². The number of aliphatic hydroxyl groups is 1. The molecule has 2 aromatic rings. The monoisotopic (exact) mass is 285 g/mol. The Bertz CT molecular complexity index is 523. The first-order valence-corrected chi connectivity index (χ1v) is 7.24. The molecular formula is C18H23NO2. The zero-order valence-electron chi connectivity index (χ0n) is 12.7. The van der Waals surface area contributed by atoms with Crippen LogP contribution in [0, 0.1) is 0 Å². The standard InChI is InChI=1S/C18H23NO2/c1-19(2)13-12-18(20)16-8-10-17(11-9-16)21-14-15-6-4-3-5-7-15/h3-11,18,20H,12-14H2,1-2H3. The molecule has 0 saturated heterocycles. The van der Waals surface area contributed by atoms with Gasteiger partial charge in [0, 0.05) is 6.54 Å². The summed E-state index contributed by atoms with van der Waals surface area (Å²) < 4.78 is 5.74. The van der Waals surface area contributed by atoms with E-state index in [1.807, 2.05) is 68.7 Å². The zero-order chi connectivity index (χ0) is 15.1. The van der Waals surface area contributed by atoms with E-state index in [1.54, 1.807) is 0 Å². The van der Waals surface area contributed by atoms with Crippen molar-refractivity contribution in [2.24, 2.45) is 0 Å². The summed E-state index contributed by atoms with van der Waals surface area (Å²) in [5.41, 5.74) is 2.08. The quantitative estimate of drug-likeness (QED) is 0.847. The van der Waals surface area contributed by atoms with Crippen LogP contribution in [0.4, 0.5) is 0 Å². The molecule has 21 heavy (non-hydrogen) atoms. The van der Waals surface area contributed by atoms with Gasteiger partial charge >= 0.3 is 0 Å². The smallest absolute Gasteiger partial charge is 0.119 e. The minimum atomic E-state index is -0.421.